The van der Waals surface area contributed by atoms with Gasteiger partial charge in [-0.05, 0) is 31.4 Å². The van der Waals surface area contributed by atoms with Crippen LogP contribution in [0.5, 0.6) is 0 Å². The molecule has 9 nitrogen and oxygen atoms in total. The molecule has 0 saturated carbocycles. The highest BCUT2D eigenvalue weighted by Gasteiger charge is 2.35. The summed E-state index contributed by atoms with van der Waals surface area (Å²) in [5.41, 5.74) is 9.94. The van der Waals surface area contributed by atoms with E-state index in [1.807, 2.05) is 34.6 Å². The fourth-order valence-corrected chi connectivity index (χ4v) is 5.63. The van der Waals surface area contributed by atoms with E-state index < -0.39 is 15.2 Å². The van der Waals surface area contributed by atoms with E-state index in [0.29, 0.717) is 42.3 Å². The van der Waals surface area contributed by atoms with Crippen molar-refractivity contribution < 1.29 is 8.42 Å². The number of hydrogen-bond donors (Lipinski definition) is 1. The second-order valence-corrected chi connectivity index (χ2v) is 10.2. The molecule has 1 fully saturated rings. The summed E-state index contributed by atoms with van der Waals surface area (Å²) < 4.78 is 26.8. The molecule has 31 heavy (non-hydrogen) atoms. The maximum absolute atomic E-state index is 12.5. The van der Waals surface area contributed by atoms with Crippen molar-refractivity contribution >= 4 is 43.5 Å². The maximum Gasteiger partial charge on any atom is 0.168 e. The Morgan fingerprint density at radius 1 is 1.19 bits per heavy atom. The predicted octanol–water partition coefficient (Wildman–Crippen LogP) is 2.28. The molecular formula is C21H23N7O2S. The third kappa shape index (κ3) is 3.36. The summed E-state index contributed by atoms with van der Waals surface area (Å²) in [4.78, 5) is 19.6. The van der Waals surface area contributed by atoms with Crippen LogP contribution >= 0.6 is 0 Å². The summed E-state index contributed by atoms with van der Waals surface area (Å²) >= 11 is 0. The zero-order valence-electron chi connectivity index (χ0n) is 17.4. The first kappa shape index (κ1) is 19.7. The number of fused-ring (bicyclic) bond motifs is 2. The minimum Gasteiger partial charge on any atom is -0.382 e. The molecule has 4 heterocycles. The molecule has 1 saturated heterocycles. The van der Waals surface area contributed by atoms with Crippen LogP contribution in [-0.2, 0) is 16.4 Å². The number of nitrogen functional groups attached to an aromatic ring is 1. The quantitative estimate of drug-likeness (QED) is 0.516. The lowest BCUT2D eigenvalue weighted by Gasteiger charge is -2.27. The van der Waals surface area contributed by atoms with E-state index in [0.717, 1.165) is 28.5 Å². The van der Waals surface area contributed by atoms with Crippen LogP contribution in [-0.4, -0.2) is 51.1 Å². The molecular weight excluding hydrogens is 414 g/mol. The maximum atomic E-state index is 12.5. The van der Waals surface area contributed by atoms with Gasteiger partial charge in [-0.15, -0.1) is 0 Å². The molecule has 0 spiro atoms. The molecule has 2 N–H and O–H groups in total. The molecule has 1 atom stereocenters. The van der Waals surface area contributed by atoms with Crippen LogP contribution in [0.2, 0.25) is 0 Å². The van der Waals surface area contributed by atoms with Crippen molar-refractivity contribution in [3.05, 3.63) is 48.0 Å². The number of nitrogens with zero attached hydrogens (tertiary/aromatic N) is 6. The number of sulfone groups is 1. The monoisotopic (exact) mass is 437 g/mol. The fraction of sp³-hybridized carbons (Fsp3) is 0.333. The molecule has 0 aliphatic carbocycles. The topological polar surface area (TPSA) is 120 Å². The van der Waals surface area contributed by atoms with Crippen molar-refractivity contribution in [2.45, 2.75) is 31.7 Å². The Hall–Kier alpha value is -3.27. The summed E-state index contributed by atoms with van der Waals surface area (Å²) in [5.74, 6) is 1.02. The molecule has 5 rings (SSSR count). The van der Waals surface area contributed by atoms with Crippen molar-refractivity contribution in [2.24, 2.45) is 0 Å². The highest BCUT2D eigenvalue weighted by molar-refractivity contribution is 7.91. The Labute approximate surface area is 179 Å². The van der Waals surface area contributed by atoms with Crippen molar-refractivity contribution in [1.82, 2.24) is 24.5 Å². The van der Waals surface area contributed by atoms with Crippen molar-refractivity contribution in [3.63, 3.8) is 0 Å². The first-order valence-corrected chi connectivity index (χ1v) is 12.0. The van der Waals surface area contributed by atoms with Gasteiger partial charge in [-0.25, -0.2) is 28.4 Å². The lowest BCUT2D eigenvalue weighted by molar-refractivity contribution is 0.585. The Morgan fingerprint density at radius 3 is 2.84 bits per heavy atom. The Bertz CT molecular complexity index is 1410. The third-order valence-electron chi connectivity index (χ3n) is 5.84. The van der Waals surface area contributed by atoms with Gasteiger partial charge in [-0.1, -0.05) is 18.2 Å². The number of nitrogens with two attached hydrogens (primary N) is 1. The minimum absolute atomic E-state index is 0.327. The van der Waals surface area contributed by atoms with E-state index in [4.69, 9.17) is 10.7 Å². The molecule has 0 radical (unpaired) electrons. The first-order valence-electron chi connectivity index (χ1n) is 10.1. The van der Waals surface area contributed by atoms with Crippen LogP contribution in [0.1, 0.15) is 24.0 Å². The Balaban J connectivity index is 1.69. The number of benzene rings is 1. The number of pyridine rings is 1. The number of aryl methyl sites for hydroxylation is 1. The highest BCUT2D eigenvalue weighted by Crippen LogP contribution is 2.33. The summed E-state index contributed by atoms with van der Waals surface area (Å²) in [6.45, 7) is 3.10. The zero-order chi connectivity index (χ0) is 21.8. The van der Waals surface area contributed by atoms with E-state index in [1.54, 1.807) is 6.33 Å². The lowest BCUT2D eigenvalue weighted by atomic mass is 10.1. The van der Waals surface area contributed by atoms with Gasteiger partial charge < -0.3 is 15.2 Å². The minimum atomic E-state index is -3.25. The highest BCUT2D eigenvalue weighted by atomic mass is 32.2. The van der Waals surface area contributed by atoms with Crippen molar-refractivity contribution in [2.75, 3.05) is 23.4 Å². The molecule has 1 aromatic carbocycles. The summed E-state index contributed by atoms with van der Waals surface area (Å²) in [6.07, 6.45) is 5.80. The van der Waals surface area contributed by atoms with Crippen molar-refractivity contribution in [3.8, 4) is 0 Å². The number of aromatic nitrogens is 5. The van der Waals surface area contributed by atoms with Gasteiger partial charge >= 0.3 is 0 Å². The van der Waals surface area contributed by atoms with E-state index in [2.05, 4.69) is 21.0 Å². The number of rotatable bonds is 4. The van der Waals surface area contributed by atoms with Gasteiger partial charge in [0.2, 0.25) is 0 Å². The Morgan fingerprint density at radius 2 is 2.03 bits per heavy atom. The van der Waals surface area contributed by atoms with Gasteiger partial charge in [0, 0.05) is 23.8 Å². The molecule has 1 unspecified atom stereocenters. The molecule has 1 aliphatic rings. The molecule has 1 aliphatic heterocycles. The number of para-hydroxylation sites is 1. The normalized spacial score (nSPS) is 17.1. The Kier molecular flexibility index (Phi) is 4.54. The first-order chi connectivity index (χ1) is 14.8. The number of hydrogen-bond acceptors (Lipinski definition) is 8. The summed E-state index contributed by atoms with van der Waals surface area (Å²) in [5, 5.41) is 0.435. The molecule has 10 heteroatoms. The van der Waals surface area contributed by atoms with Crippen LogP contribution in [0.15, 0.2) is 36.9 Å². The van der Waals surface area contributed by atoms with Gasteiger partial charge in [-0.3, -0.25) is 0 Å². The fourth-order valence-electron chi connectivity index (χ4n) is 4.37. The average Bonchev–Trinajstić information content (AvgIpc) is 3.36. The van der Waals surface area contributed by atoms with Gasteiger partial charge in [0.1, 0.15) is 23.0 Å². The second kappa shape index (κ2) is 7.16. The molecule has 4 aromatic rings. The molecule has 3 aromatic heterocycles. The smallest absolute Gasteiger partial charge is 0.168 e. The second-order valence-electron chi connectivity index (χ2n) is 8.04. The standard InChI is InChI=1S/C21H23N7O2S/c1-13-5-3-6-14-9-15(10-27-12-25-18-19(22)23-11-24-21(18)27)20(26-17(13)14)28-8-4-7-16(28)31(2,29)30/h3,5-6,9,11-12,16H,4,7-8,10H2,1-2H3,(H2,22,23,24). The van der Waals surface area contributed by atoms with E-state index in [-0.39, 0.29) is 0 Å². The van der Waals surface area contributed by atoms with Crippen LogP contribution in [0.4, 0.5) is 11.6 Å². The van der Waals surface area contributed by atoms with Gasteiger partial charge in [0.05, 0.1) is 18.4 Å². The van der Waals surface area contributed by atoms with E-state index in [1.165, 1.54) is 12.6 Å². The molecule has 0 amide bonds. The average molecular weight is 438 g/mol. The van der Waals surface area contributed by atoms with Gasteiger partial charge in [0.25, 0.3) is 0 Å². The SMILES string of the molecule is Cc1cccc2cc(Cn3cnc4c(N)ncnc43)c(N3CCCC3S(C)(=O)=O)nc12. The van der Waals surface area contributed by atoms with Crippen LogP contribution in [0.3, 0.4) is 0 Å². The van der Waals surface area contributed by atoms with Gasteiger partial charge in [0.15, 0.2) is 21.3 Å². The van der Waals surface area contributed by atoms with Crippen LogP contribution in [0.25, 0.3) is 22.1 Å². The predicted molar refractivity (Wildman–Crippen MR) is 121 cm³/mol. The van der Waals surface area contributed by atoms with Crippen LogP contribution in [0, 0.1) is 6.92 Å². The zero-order valence-corrected chi connectivity index (χ0v) is 18.2. The summed E-state index contributed by atoms with van der Waals surface area (Å²) in [7, 11) is -3.25. The van der Waals surface area contributed by atoms with Gasteiger partial charge in [-0.2, -0.15) is 0 Å². The molecule has 160 valence electrons. The van der Waals surface area contributed by atoms with E-state index in [9.17, 15) is 8.42 Å². The molecule has 0 bridgehead atoms. The largest absolute Gasteiger partial charge is 0.382 e. The lowest BCUT2D eigenvalue weighted by Crippen LogP contribution is -2.36. The van der Waals surface area contributed by atoms with Crippen LogP contribution < -0.4 is 10.6 Å². The third-order valence-corrected chi connectivity index (χ3v) is 7.32. The number of anilines is 2. The summed E-state index contributed by atoms with van der Waals surface area (Å²) in [6, 6.07) is 8.11. The van der Waals surface area contributed by atoms with Crippen molar-refractivity contribution in [1.29, 1.82) is 0 Å². The number of imidazole rings is 1. The van der Waals surface area contributed by atoms with E-state index >= 15 is 0 Å².